The molecule has 10 heavy (non-hydrogen) atoms. The molecule has 3 nitrogen and oxygen atoms in total. The van der Waals surface area contributed by atoms with E-state index in [1.165, 1.54) is 0 Å². The number of halogens is 1. The average Bonchev–Trinajstić information content (AvgIpc) is 1.57. The molecular formula is C6H10INO2. The Morgan fingerprint density at radius 3 is 2.60 bits per heavy atom. The average molecular weight is 255 g/mol. The Bertz CT molecular complexity index is 150. The molecule has 0 aliphatic heterocycles. The maximum atomic E-state index is 10.5. The van der Waals surface area contributed by atoms with Crippen molar-refractivity contribution in [1.29, 1.82) is 0 Å². The molecule has 1 aliphatic rings. The number of nitrogens with one attached hydrogen (secondary N) is 1. The molecule has 58 valence electrons. The summed E-state index contributed by atoms with van der Waals surface area (Å²) in [7, 11) is 0. The molecule has 1 fully saturated rings. The van der Waals surface area contributed by atoms with Crippen LogP contribution in [0.4, 0.5) is 4.79 Å². The van der Waals surface area contributed by atoms with Gasteiger partial charge in [0.05, 0.1) is 5.60 Å². The fourth-order valence-electron chi connectivity index (χ4n) is 1.26. The Hall–Kier alpha value is 0.160. The van der Waals surface area contributed by atoms with Gasteiger partial charge >= 0.3 is 0 Å². The highest BCUT2D eigenvalue weighted by atomic mass is 127. The van der Waals surface area contributed by atoms with Crippen molar-refractivity contribution in [2.24, 2.45) is 0 Å². The molecule has 2 N–H and O–H groups in total. The monoisotopic (exact) mass is 255 g/mol. The summed E-state index contributed by atoms with van der Waals surface area (Å²) < 4.78 is -0.0434. The molecule has 0 bridgehead atoms. The molecule has 0 aromatic carbocycles. The Kier molecular flexibility index (Phi) is 2.19. The Morgan fingerprint density at radius 2 is 2.30 bits per heavy atom. The second-order valence-electron chi connectivity index (χ2n) is 3.02. The molecule has 0 atom stereocenters. The van der Waals surface area contributed by atoms with Gasteiger partial charge in [-0.1, -0.05) is 0 Å². The third kappa shape index (κ3) is 2.09. The fraction of sp³-hybridized carbons (Fsp3) is 0.833. The lowest BCUT2D eigenvalue weighted by molar-refractivity contribution is -0.0346. The molecule has 0 heterocycles. The molecule has 1 amide bonds. The molecule has 1 rings (SSSR count). The molecule has 0 saturated heterocycles. The normalized spacial score (nSPS) is 38.5. The SMILES string of the molecule is CC1(O)CC(NC(=O)I)C1. The largest absolute Gasteiger partial charge is 0.390 e. The highest BCUT2D eigenvalue weighted by molar-refractivity contribution is 14.1. The van der Waals surface area contributed by atoms with Crippen LogP contribution < -0.4 is 5.32 Å². The number of carbonyl (C=O) groups is 1. The Morgan fingerprint density at radius 1 is 1.80 bits per heavy atom. The summed E-state index contributed by atoms with van der Waals surface area (Å²) in [6.07, 6.45) is 1.36. The van der Waals surface area contributed by atoms with Crippen LogP contribution in [0.25, 0.3) is 0 Å². The van der Waals surface area contributed by atoms with Crippen LogP contribution in [-0.4, -0.2) is 20.7 Å². The molecule has 1 aliphatic carbocycles. The lowest BCUT2D eigenvalue weighted by atomic mass is 9.77. The van der Waals surface area contributed by atoms with Crippen LogP contribution in [-0.2, 0) is 0 Å². The van der Waals surface area contributed by atoms with Crippen molar-refractivity contribution < 1.29 is 9.90 Å². The van der Waals surface area contributed by atoms with Gasteiger partial charge in [0.2, 0.25) is 0 Å². The second kappa shape index (κ2) is 2.65. The first kappa shape index (κ1) is 8.26. The van der Waals surface area contributed by atoms with Crippen molar-refractivity contribution in [3.05, 3.63) is 0 Å². The minimum atomic E-state index is -0.538. The first-order chi connectivity index (χ1) is 4.49. The number of amides is 1. The molecule has 0 spiro atoms. The topological polar surface area (TPSA) is 49.3 Å². The molecule has 0 aromatic rings. The van der Waals surface area contributed by atoms with E-state index in [-0.39, 0.29) is 9.96 Å². The smallest absolute Gasteiger partial charge is 0.280 e. The molecule has 0 aromatic heterocycles. The minimum Gasteiger partial charge on any atom is -0.390 e. The van der Waals surface area contributed by atoms with E-state index in [1.807, 2.05) is 0 Å². The Labute approximate surface area is 73.3 Å². The summed E-state index contributed by atoms with van der Waals surface area (Å²) in [4.78, 5) is 10.5. The Balaban J connectivity index is 2.21. The van der Waals surface area contributed by atoms with Gasteiger partial charge in [-0.15, -0.1) is 0 Å². The molecular weight excluding hydrogens is 245 g/mol. The number of carbonyl (C=O) groups excluding carboxylic acids is 1. The zero-order chi connectivity index (χ0) is 7.78. The van der Waals surface area contributed by atoms with Crippen molar-refractivity contribution in [3.63, 3.8) is 0 Å². The van der Waals surface area contributed by atoms with Gasteiger partial charge in [-0.2, -0.15) is 0 Å². The van der Waals surface area contributed by atoms with E-state index < -0.39 is 5.60 Å². The predicted molar refractivity (Wildman–Crippen MR) is 46.2 cm³/mol. The quantitative estimate of drug-likeness (QED) is 0.418. The van der Waals surface area contributed by atoms with Crippen molar-refractivity contribution in [3.8, 4) is 0 Å². The van der Waals surface area contributed by atoms with E-state index >= 15 is 0 Å². The van der Waals surface area contributed by atoms with Crippen LogP contribution in [0.3, 0.4) is 0 Å². The van der Waals surface area contributed by atoms with Crippen molar-refractivity contribution in [1.82, 2.24) is 5.32 Å². The van der Waals surface area contributed by atoms with Crippen molar-refractivity contribution in [2.75, 3.05) is 0 Å². The lowest BCUT2D eigenvalue weighted by Gasteiger charge is -2.40. The second-order valence-corrected chi connectivity index (χ2v) is 4.00. The van der Waals surface area contributed by atoms with Gasteiger partial charge in [-0.3, -0.25) is 4.79 Å². The van der Waals surface area contributed by atoms with Gasteiger partial charge in [-0.05, 0) is 19.8 Å². The lowest BCUT2D eigenvalue weighted by Crippen LogP contribution is -2.52. The highest BCUT2D eigenvalue weighted by Crippen LogP contribution is 2.31. The molecule has 0 unspecified atom stereocenters. The number of hydrogen-bond donors (Lipinski definition) is 2. The van der Waals surface area contributed by atoms with Crippen LogP contribution in [0.2, 0.25) is 0 Å². The fourth-order valence-corrected chi connectivity index (χ4v) is 1.70. The summed E-state index contributed by atoms with van der Waals surface area (Å²) in [5.41, 5.74) is -0.538. The maximum Gasteiger partial charge on any atom is 0.280 e. The third-order valence-corrected chi connectivity index (χ3v) is 2.00. The van der Waals surface area contributed by atoms with Gasteiger partial charge in [0, 0.05) is 28.6 Å². The maximum absolute atomic E-state index is 10.5. The predicted octanol–water partition coefficient (Wildman–Crippen LogP) is 1.04. The summed E-state index contributed by atoms with van der Waals surface area (Å²) in [5.74, 6) is 0. The van der Waals surface area contributed by atoms with E-state index in [4.69, 9.17) is 0 Å². The summed E-state index contributed by atoms with van der Waals surface area (Å²) >= 11 is 1.70. The van der Waals surface area contributed by atoms with E-state index in [1.54, 1.807) is 29.5 Å². The van der Waals surface area contributed by atoms with Gasteiger partial charge in [0.1, 0.15) is 0 Å². The molecule has 0 radical (unpaired) electrons. The van der Waals surface area contributed by atoms with E-state index in [0.717, 1.165) is 0 Å². The highest BCUT2D eigenvalue weighted by Gasteiger charge is 2.38. The van der Waals surface area contributed by atoms with Crippen LogP contribution in [0.1, 0.15) is 19.8 Å². The zero-order valence-electron chi connectivity index (χ0n) is 5.72. The van der Waals surface area contributed by atoms with Crippen LogP contribution in [0.15, 0.2) is 0 Å². The number of aliphatic hydroxyl groups is 1. The number of hydrogen-bond acceptors (Lipinski definition) is 2. The van der Waals surface area contributed by atoms with Gasteiger partial charge in [0.15, 0.2) is 0 Å². The van der Waals surface area contributed by atoms with Gasteiger partial charge in [0.25, 0.3) is 3.91 Å². The van der Waals surface area contributed by atoms with E-state index in [9.17, 15) is 9.90 Å². The molecule has 4 heteroatoms. The minimum absolute atomic E-state index is 0.0434. The van der Waals surface area contributed by atoms with Crippen LogP contribution >= 0.6 is 22.6 Å². The van der Waals surface area contributed by atoms with Gasteiger partial charge < -0.3 is 10.4 Å². The van der Waals surface area contributed by atoms with Gasteiger partial charge in [-0.25, -0.2) is 0 Å². The van der Waals surface area contributed by atoms with Crippen molar-refractivity contribution in [2.45, 2.75) is 31.4 Å². The number of rotatable bonds is 1. The third-order valence-electron chi connectivity index (χ3n) is 1.69. The first-order valence-electron chi connectivity index (χ1n) is 3.18. The first-order valence-corrected chi connectivity index (χ1v) is 4.26. The zero-order valence-corrected chi connectivity index (χ0v) is 7.88. The summed E-state index contributed by atoms with van der Waals surface area (Å²) in [6.45, 7) is 1.78. The standard InChI is InChI=1S/C6H10INO2/c1-6(10)2-4(3-6)8-5(7)9/h4,10H,2-3H2,1H3,(H,8,9). The van der Waals surface area contributed by atoms with Crippen molar-refractivity contribution >= 4 is 26.5 Å². The van der Waals surface area contributed by atoms with E-state index in [0.29, 0.717) is 12.8 Å². The summed E-state index contributed by atoms with van der Waals surface area (Å²) in [6, 6.07) is 0.194. The summed E-state index contributed by atoms with van der Waals surface area (Å²) in [5, 5.41) is 12.0. The van der Waals surface area contributed by atoms with Crippen LogP contribution in [0, 0.1) is 0 Å². The van der Waals surface area contributed by atoms with Crippen LogP contribution in [0.5, 0.6) is 0 Å². The van der Waals surface area contributed by atoms with E-state index in [2.05, 4.69) is 5.32 Å². The molecule has 1 saturated carbocycles.